The second-order valence-corrected chi connectivity index (χ2v) is 3.84. The van der Waals surface area contributed by atoms with Crippen LogP contribution in [-0.4, -0.2) is 21.1 Å². The predicted molar refractivity (Wildman–Crippen MR) is 53.8 cm³/mol. The Morgan fingerprint density at radius 1 is 1.57 bits per heavy atom. The van der Waals surface area contributed by atoms with E-state index in [0.29, 0.717) is 23.6 Å². The predicted octanol–water partition coefficient (Wildman–Crippen LogP) is 1.18. The Hall–Kier alpha value is -1.16. The molecule has 1 heterocycles. The zero-order valence-electron chi connectivity index (χ0n) is 8.27. The van der Waals surface area contributed by atoms with Crippen molar-refractivity contribution >= 4 is 5.95 Å². The third kappa shape index (κ3) is 1.85. The molecular weight excluding hydrogens is 178 g/mol. The minimum Gasteiger partial charge on any atom is -0.390 e. The van der Waals surface area contributed by atoms with Gasteiger partial charge in [0.25, 0.3) is 0 Å². The molecule has 0 bridgehead atoms. The highest BCUT2D eigenvalue weighted by Gasteiger charge is 2.26. The van der Waals surface area contributed by atoms with E-state index >= 15 is 0 Å². The van der Waals surface area contributed by atoms with E-state index in [9.17, 15) is 0 Å². The fraction of sp³-hybridized carbons (Fsp3) is 0.600. The lowest BCUT2D eigenvalue weighted by Gasteiger charge is -2.34. The zero-order valence-corrected chi connectivity index (χ0v) is 8.27. The summed E-state index contributed by atoms with van der Waals surface area (Å²) in [6, 6.07) is 2.22. The number of rotatable bonds is 3. The number of aliphatic hydroxyl groups is 1. The van der Waals surface area contributed by atoms with Gasteiger partial charge in [0.05, 0.1) is 12.3 Å². The monoisotopic (exact) mass is 193 g/mol. The van der Waals surface area contributed by atoms with E-state index in [0.717, 1.165) is 0 Å². The SMILES string of the molecule is CC1CCC1Nc1nccc(CO)n1. The Labute approximate surface area is 83.4 Å². The molecule has 0 aromatic carbocycles. The van der Waals surface area contributed by atoms with Gasteiger partial charge in [0, 0.05) is 12.2 Å². The van der Waals surface area contributed by atoms with Crippen LogP contribution in [0.5, 0.6) is 0 Å². The van der Waals surface area contributed by atoms with Gasteiger partial charge in [-0.2, -0.15) is 0 Å². The summed E-state index contributed by atoms with van der Waals surface area (Å²) >= 11 is 0. The summed E-state index contributed by atoms with van der Waals surface area (Å²) in [4.78, 5) is 8.29. The van der Waals surface area contributed by atoms with Crippen LogP contribution in [-0.2, 0) is 6.61 Å². The number of anilines is 1. The van der Waals surface area contributed by atoms with Crippen molar-refractivity contribution in [3.63, 3.8) is 0 Å². The normalized spacial score (nSPS) is 25.6. The molecule has 0 spiro atoms. The Kier molecular flexibility index (Phi) is 2.63. The van der Waals surface area contributed by atoms with Crippen molar-refractivity contribution in [2.75, 3.05) is 5.32 Å². The minimum absolute atomic E-state index is 0.0303. The van der Waals surface area contributed by atoms with Crippen LogP contribution < -0.4 is 5.32 Å². The minimum atomic E-state index is -0.0303. The molecule has 1 aromatic rings. The topological polar surface area (TPSA) is 58.0 Å². The van der Waals surface area contributed by atoms with Crippen molar-refractivity contribution in [2.45, 2.75) is 32.4 Å². The maximum absolute atomic E-state index is 8.90. The molecule has 2 rings (SSSR count). The van der Waals surface area contributed by atoms with E-state index in [-0.39, 0.29) is 6.61 Å². The number of hydrogen-bond acceptors (Lipinski definition) is 4. The van der Waals surface area contributed by atoms with Crippen LogP contribution in [0.25, 0.3) is 0 Å². The van der Waals surface area contributed by atoms with Crippen molar-refractivity contribution < 1.29 is 5.11 Å². The van der Waals surface area contributed by atoms with Gasteiger partial charge >= 0.3 is 0 Å². The molecule has 2 unspecified atom stereocenters. The molecule has 0 radical (unpaired) electrons. The van der Waals surface area contributed by atoms with E-state index in [1.807, 2.05) is 0 Å². The Balaban J connectivity index is 2.01. The largest absolute Gasteiger partial charge is 0.390 e. The lowest BCUT2D eigenvalue weighted by molar-refractivity contribution is 0.276. The molecule has 1 aliphatic rings. The van der Waals surface area contributed by atoms with Crippen molar-refractivity contribution in [1.29, 1.82) is 0 Å². The molecule has 4 nitrogen and oxygen atoms in total. The standard InChI is InChI=1S/C10H15N3O/c1-7-2-3-9(7)13-10-11-5-4-8(6-14)12-10/h4-5,7,9,14H,2-3,6H2,1H3,(H,11,12,13). The van der Waals surface area contributed by atoms with Gasteiger partial charge in [0.2, 0.25) is 5.95 Å². The first kappa shape index (κ1) is 9.40. The zero-order chi connectivity index (χ0) is 9.97. The highest BCUT2D eigenvalue weighted by Crippen LogP contribution is 2.28. The molecule has 0 aliphatic heterocycles. The average Bonchev–Trinajstić information content (AvgIpc) is 2.24. The van der Waals surface area contributed by atoms with Gasteiger partial charge in [-0.15, -0.1) is 0 Å². The molecule has 1 fully saturated rings. The quantitative estimate of drug-likeness (QED) is 0.756. The molecule has 1 saturated carbocycles. The van der Waals surface area contributed by atoms with E-state index < -0.39 is 0 Å². The van der Waals surface area contributed by atoms with Gasteiger partial charge in [-0.3, -0.25) is 0 Å². The summed E-state index contributed by atoms with van der Waals surface area (Å²) < 4.78 is 0. The lowest BCUT2D eigenvalue weighted by Crippen LogP contribution is -2.36. The Morgan fingerprint density at radius 3 is 3.00 bits per heavy atom. The summed E-state index contributed by atoms with van der Waals surface area (Å²) in [5, 5.41) is 12.2. The van der Waals surface area contributed by atoms with E-state index in [1.54, 1.807) is 12.3 Å². The molecular formula is C10H15N3O. The maximum Gasteiger partial charge on any atom is 0.223 e. The number of hydrogen-bond donors (Lipinski definition) is 2. The number of aromatic nitrogens is 2. The summed E-state index contributed by atoms with van der Waals surface area (Å²) in [5.41, 5.74) is 0.662. The van der Waals surface area contributed by atoms with Crippen molar-refractivity contribution in [3.05, 3.63) is 18.0 Å². The van der Waals surface area contributed by atoms with Gasteiger partial charge < -0.3 is 10.4 Å². The van der Waals surface area contributed by atoms with Gasteiger partial charge in [-0.25, -0.2) is 9.97 Å². The van der Waals surface area contributed by atoms with Gasteiger partial charge in [-0.05, 0) is 24.8 Å². The molecule has 2 atom stereocenters. The highest BCUT2D eigenvalue weighted by molar-refractivity contribution is 5.27. The first-order valence-electron chi connectivity index (χ1n) is 4.99. The van der Waals surface area contributed by atoms with E-state index in [4.69, 9.17) is 5.11 Å². The maximum atomic E-state index is 8.90. The molecule has 1 aliphatic carbocycles. The molecule has 0 amide bonds. The second kappa shape index (κ2) is 3.92. The van der Waals surface area contributed by atoms with Gasteiger partial charge in [0.15, 0.2) is 0 Å². The second-order valence-electron chi connectivity index (χ2n) is 3.84. The first-order valence-corrected chi connectivity index (χ1v) is 4.99. The number of nitrogens with zero attached hydrogens (tertiary/aromatic N) is 2. The van der Waals surface area contributed by atoms with Crippen LogP contribution in [0.3, 0.4) is 0 Å². The number of aliphatic hydroxyl groups excluding tert-OH is 1. The smallest absolute Gasteiger partial charge is 0.223 e. The fourth-order valence-corrected chi connectivity index (χ4v) is 1.60. The van der Waals surface area contributed by atoms with Crippen molar-refractivity contribution in [1.82, 2.24) is 9.97 Å². The Bertz CT molecular complexity index is 316. The average molecular weight is 193 g/mol. The van der Waals surface area contributed by atoms with Crippen molar-refractivity contribution in [2.24, 2.45) is 5.92 Å². The fourth-order valence-electron chi connectivity index (χ4n) is 1.60. The first-order chi connectivity index (χ1) is 6.79. The molecule has 2 N–H and O–H groups in total. The van der Waals surface area contributed by atoms with Gasteiger partial charge in [-0.1, -0.05) is 6.92 Å². The van der Waals surface area contributed by atoms with Gasteiger partial charge in [0.1, 0.15) is 0 Å². The van der Waals surface area contributed by atoms with Crippen LogP contribution in [0.4, 0.5) is 5.95 Å². The van der Waals surface area contributed by atoms with E-state index in [2.05, 4.69) is 22.2 Å². The van der Waals surface area contributed by atoms with Crippen LogP contribution in [0, 0.1) is 5.92 Å². The van der Waals surface area contributed by atoms with Crippen LogP contribution in [0.15, 0.2) is 12.3 Å². The van der Waals surface area contributed by atoms with Crippen LogP contribution in [0.1, 0.15) is 25.5 Å². The third-order valence-corrected chi connectivity index (χ3v) is 2.81. The molecule has 76 valence electrons. The molecule has 4 heteroatoms. The summed E-state index contributed by atoms with van der Waals surface area (Å²) in [6.45, 7) is 2.19. The summed E-state index contributed by atoms with van der Waals surface area (Å²) in [5.74, 6) is 1.34. The van der Waals surface area contributed by atoms with E-state index in [1.165, 1.54) is 12.8 Å². The molecule has 0 saturated heterocycles. The lowest BCUT2D eigenvalue weighted by atomic mass is 9.81. The third-order valence-electron chi connectivity index (χ3n) is 2.81. The molecule has 1 aromatic heterocycles. The molecule has 14 heavy (non-hydrogen) atoms. The van der Waals surface area contributed by atoms with Crippen molar-refractivity contribution in [3.8, 4) is 0 Å². The van der Waals surface area contributed by atoms with Crippen LogP contribution in [0.2, 0.25) is 0 Å². The van der Waals surface area contributed by atoms with Crippen LogP contribution >= 0.6 is 0 Å². The highest BCUT2D eigenvalue weighted by atomic mass is 16.3. The summed E-state index contributed by atoms with van der Waals surface area (Å²) in [7, 11) is 0. The number of nitrogens with one attached hydrogen (secondary N) is 1. The Morgan fingerprint density at radius 2 is 2.43 bits per heavy atom. The summed E-state index contributed by atoms with van der Waals surface area (Å²) in [6.07, 6.45) is 4.13.